The number of anilines is 1. The second-order valence-electron chi connectivity index (χ2n) is 6.20. The van der Waals surface area contributed by atoms with Crippen LogP contribution in [0.3, 0.4) is 0 Å². The summed E-state index contributed by atoms with van der Waals surface area (Å²) in [5.74, 6) is -0.220. The van der Waals surface area contributed by atoms with Crippen molar-refractivity contribution in [3.8, 4) is 5.75 Å². The van der Waals surface area contributed by atoms with E-state index in [1.165, 1.54) is 0 Å². The zero-order valence-corrected chi connectivity index (χ0v) is 15.3. The average Bonchev–Trinajstić information content (AvgIpc) is 3.04. The molecule has 0 aromatic heterocycles. The van der Waals surface area contributed by atoms with Gasteiger partial charge < -0.3 is 15.0 Å². The van der Waals surface area contributed by atoms with Crippen LogP contribution < -0.4 is 15.0 Å². The minimum Gasteiger partial charge on any atom is -0.497 e. The molecule has 1 aliphatic heterocycles. The third-order valence-electron chi connectivity index (χ3n) is 4.51. The monoisotopic (exact) mass is 372 g/mol. The molecule has 0 radical (unpaired) electrons. The molecule has 5 nitrogen and oxygen atoms in total. The molecule has 6 heteroatoms. The van der Waals surface area contributed by atoms with E-state index in [1.807, 2.05) is 30.3 Å². The molecule has 2 aromatic rings. The van der Waals surface area contributed by atoms with Gasteiger partial charge in [0.15, 0.2) is 0 Å². The first-order chi connectivity index (χ1) is 12.6. The maximum Gasteiger partial charge on any atom is 0.239 e. The largest absolute Gasteiger partial charge is 0.497 e. The summed E-state index contributed by atoms with van der Waals surface area (Å²) in [4.78, 5) is 26.6. The Balaban J connectivity index is 1.52. The van der Waals surface area contributed by atoms with Crippen molar-refractivity contribution in [3.05, 3.63) is 59.1 Å². The Morgan fingerprint density at radius 1 is 1.27 bits per heavy atom. The highest BCUT2D eigenvalue weighted by Gasteiger charge is 2.37. The van der Waals surface area contributed by atoms with Crippen molar-refractivity contribution in [2.75, 3.05) is 25.1 Å². The molecule has 0 spiro atoms. The molecule has 2 aromatic carbocycles. The molecule has 26 heavy (non-hydrogen) atoms. The molecule has 1 unspecified atom stereocenters. The Labute approximate surface area is 157 Å². The first-order valence-corrected chi connectivity index (χ1v) is 8.94. The molecule has 0 aliphatic carbocycles. The molecule has 136 valence electrons. The summed E-state index contributed by atoms with van der Waals surface area (Å²) < 4.78 is 5.12. The molecule has 0 saturated carbocycles. The quantitative estimate of drug-likeness (QED) is 0.793. The summed E-state index contributed by atoms with van der Waals surface area (Å²) in [6, 6.07) is 14.8. The summed E-state index contributed by atoms with van der Waals surface area (Å²) >= 11 is 5.99. The Morgan fingerprint density at radius 3 is 2.73 bits per heavy atom. The smallest absolute Gasteiger partial charge is 0.239 e. The van der Waals surface area contributed by atoms with Gasteiger partial charge in [0.1, 0.15) is 11.7 Å². The Bertz CT molecular complexity index is 792. The summed E-state index contributed by atoms with van der Waals surface area (Å²) in [6.45, 7) is 1.02. The van der Waals surface area contributed by atoms with Crippen LogP contribution in [0, 0.1) is 5.92 Å². The third-order valence-corrected chi connectivity index (χ3v) is 4.75. The number of rotatable bonds is 6. The lowest BCUT2D eigenvalue weighted by Crippen LogP contribution is -2.37. The van der Waals surface area contributed by atoms with Crippen LogP contribution in [-0.2, 0) is 16.0 Å². The van der Waals surface area contributed by atoms with Crippen molar-refractivity contribution in [2.24, 2.45) is 5.92 Å². The lowest BCUT2D eigenvalue weighted by Gasteiger charge is -2.17. The van der Waals surface area contributed by atoms with Crippen LogP contribution in [0.1, 0.15) is 12.0 Å². The number of hydrogen-bond acceptors (Lipinski definition) is 3. The summed E-state index contributed by atoms with van der Waals surface area (Å²) in [6.07, 6.45) is 1.22. The molecular formula is C20H21ClN2O3. The highest BCUT2D eigenvalue weighted by molar-refractivity contribution is 6.31. The van der Waals surface area contributed by atoms with E-state index >= 15 is 0 Å². The number of amides is 2. The van der Waals surface area contributed by atoms with Gasteiger partial charge in [-0.05, 0) is 48.7 Å². The van der Waals surface area contributed by atoms with E-state index in [1.54, 1.807) is 30.2 Å². The molecule has 1 fully saturated rings. The van der Waals surface area contributed by atoms with E-state index in [4.69, 9.17) is 16.3 Å². The van der Waals surface area contributed by atoms with E-state index in [2.05, 4.69) is 5.32 Å². The van der Waals surface area contributed by atoms with Crippen LogP contribution in [-0.4, -0.2) is 32.0 Å². The first-order valence-electron chi connectivity index (χ1n) is 8.56. The minimum absolute atomic E-state index is 0.172. The fourth-order valence-electron chi connectivity index (χ4n) is 3.07. The predicted molar refractivity (Wildman–Crippen MR) is 102 cm³/mol. The molecule has 1 N–H and O–H groups in total. The lowest BCUT2D eigenvalue weighted by atomic mass is 10.1. The number of halogens is 1. The van der Waals surface area contributed by atoms with Crippen molar-refractivity contribution < 1.29 is 14.3 Å². The van der Waals surface area contributed by atoms with Gasteiger partial charge >= 0.3 is 0 Å². The van der Waals surface area contributed by atoms with Crippen molar-refractivity contribution in [3.63, 3.8) is 0 Å². The van der Waals surface area contributed by atoms with Crippen LogP contribution in [0.2, 0.25) is 5.02 Å². The Morgan fingerprint density at radius 2 is 2.04 bits per heavy atom. The highest BCUT2D eigenvalue weighted by atomic mass is 35.5. The average molecular weight is 373 g/mol. The van der Waals surface area contributed by atoms with E-state index in [0.717, 1.165) is 17.0 Å². The van der Waals surface area contributed by atoms with Gasteiger partial charge in [-0.2, -0.15) is 0 Å². The number of ether oxygens (including phenoxy) is 1. The van der Waals surface area contributed by atoms with Crippen LogP contribution >= 0.6 is 11.6 Å². The molecule has 1 atom stereocenters. The van der Waals surface area contributed by atoms with Gasteiger partial charge in [0.25, 0.3) is 0 Å². The maximum atomic E-state index is 12.6. The van der Waals surface area contributed by atoms with E-state index in [-0.39, 0.29) is 11.8 Å². The second kappa shape index (κ2) is 8.23. The van der Waals surface area contributed by atoms with Gasteiger partial charge in [-0.1, -0.05) is 29.8 Å². The van der Waals surface area contributed by atoms with Gasteiger partial charge in [-0.25, -0.2) is 0 Å². The zero-order chi connectivity index (χ0) is 18.5. The number of nitrogens with zero attached hydrogens (tertiary/aromatic N) is 1. The minimum atomic E-state index is -0.634. The fraction of sp³-hybridized carbons (Fsp3) is 0.300. The second-order valence-corrected chi connectivity index (χ2v) is 6.64. The van der Waals surface area contributed by atoms with Gasteiger partial charge in [0.05, 0.1) is 7.11 Å². The number of benzene rings is 2. The van der Waals surface area contributed by atoms with Crippen molar-refractivity contribution in [2.45, 2.75) is 12.8 Å². The molecule has 1 aliphatic rings. The zero-order valence-electron chi connectivity index (χ0n) is 14.6. The summed E-state index contributed by atoms with van der Waals surface area (Å²) in [5, 5.41) is 3.44. The van der Waals surface area contributed by atoms with E-state index < -0.39 is 5.92 Å². The summed E-state index contributed by atoms with van der Waals surface area (Å²) in [5.41, 5.74) is 1.83. The molecule has 0 bridgehead atoms. The molecule has 3 rings (SSSR count). The topological polar surface area (TPSA) is 58.6 Å². The molecule has 1 heterocycles. The maximum absolute atomic E-state index is 12.6. The predicted octanol–water partition coefficient (Wildman–Crippen LogP) is 3.06. The van der Waals surface area contributed by atoms with Gasteiger partial charge in [0, 0.05) is 23.8 Å². The number of carbonyl (C=O) groups excluding carboxylic acids is 2. The van der Waals surface area contributed by atoms with Gasteiger partial charge in [-0.3, -0.25) is 9.59 Å². The van der Waals surface area contributed by atoms with Crippen molar-refractivity contribution >= 4 is 29.1 Å². The number of nitrogens with one attached hydrogen (secondary N) is 1. The van der Waals surface area contributed by atoms with Gasteiger partial charge in [0.2, 0.25) is 11.8 Å². The lowest BCUT2D eigenvalue weighted by molar-refractivity contribution is -0.132. The van der Waals surface area contributed by atoms with Crippen molar-refractivity contribution in [1.82, 2.24) is 5.32 Å². The third kappa shape index (κ3) is 4.17. The van der Waals surface area contributed by atoms with E-state index in [0.29, 0.717) is 31.0 Å². The number of hydrogen-bond donors (Lipinski definition) is 1. The van der Waals surface area contributed by atoms with Gasteiger partial charge in [-0.15, -0.1) is 0 Å². The first kappa shape index (κ1) is 18.3. The number of methoxy groups -OCH3 is 1. The van der Waals surface area contributed by atoms with Crippen LogP contribution in [0.25, 0.3) is 0 Å². The Kier molecular flexibility index (Phi) is 5.78. The van der Waals surface area contributed by atoms with Crippen LogP contribution in [0.4, 0.5) is 5.69 Å². The molecular weight excluding hydrogens is 352 g/mol. The van der Waals surface area contributed by atoms with Crippen LogP contribution in [0.15, 0.2) is 48.5 Å². The summed E-state index contributed by atoms with van der Waals surface area (Å²) in [7, 11) is 1.63. The Hall–Kier alpha value is -2.53. The van der Waals surface area contributed by atoms with E-state index in [9.17, 15) is 9.59 Å². The SMILES string of the molecule is COc1ccc(CCNC(=O)C2CCN(c3cccc(Cl)c3)C2=O)cc1. The molecule has 1 saturated heterocycles. The highest BCUT2D eigenvalue weighted by Crippen LogP contribution is 2.27. The number of carbonyl (C=O) groups is 2. The standard InChI is InChI=1S/C20H21ClN2O3/c1-26-17-7-5-14(6-8-17)9-11-22-19(24)18-10-12-23(20(18)25)16-4-2-3-15(21)13-16/h2-8,13,18H,9-12H2,1H3,(H,22,24). The van der Waals surface area contributed by atoms with Crippen molar-refractivity contribution in [1.29, 1.82) is 0 Å². The molecule has 2 amide bonds. The van der Waals surface area contributed by atoms with Crippen LogP contribution in [0.5, 0.6) is 5.75 Å². The fourth-order valence-corrected chi connectivity index (χ4v) is 3.25. The normalized spacial score (nSPS) is 16.6.